The summed E-state index contributed by atoms with van der Waals surface area (Å²) in [5, 5.41) is 16.3. The highest BCUT2D eigenvalue weighted by molar-refractivity contribution is 14.0. The molecule has 2 aromatic heterocycles. The van der Waals surface area contributed by atoms with Crippen LogP contribution in [0.1, 0.15) is 73.8 Å². The highest BCUT2D eigenvalue weighted by atomic mass is 127. The zero-order chi connectivity index (χ0) is 15.8. The summed E-state index contributed by atoms with van der Waals surface area (Å²) in [5.41, 5.74) is 0. The summed E-state index contributed by atoms with van der Waals surface area (Å²) in [6, 6.07) is 0.289. The lowest BCUT2D eigenvalue weighted by molar-refractivity contribution is 0.129. The number of aryl methyl sites for hydroxylation is 1. The molecule has 7 nitrogen and oxygen atoms in total. The first-order chi connectivity index (χ1) is 11.2. The predicted molar refractivity (Wildman–Crippen MR) is 101 cm³/mol. The van der Waals surface area contributed by atoms with Gasteiger partial charge in [-0.2, -0.15) is 5.10 Å². The quantitative estimate of drug-likeness (QED) is 0.736. The number of aromatic nitrogens is 6. The van der Waals surface area contributed by atoms with Crippen LogP contribution in [0.4, 0.5) is 0 Å². The van der Waals surface area contributed by atoms with Crippen LogP contribution in [0.15, 0.2) is 0 Å². The Labute approximate surface area is 159 Å². The summed E-state index contributed by atoms with van der Waals surface area (Å²) in [4.78, 5) is 7.01. The van der Waals surface area contributed by atoms with Crippen molar-refractivity contribution >= 4 is 24.0 Å². The minimum absolute atomic E-state index is 0. The molecule has 3 heterocycles. The van der Waals surface area contributed by atoms with Gasteiger partial charge < -0.3 is 4.57 Å². The van der Waals surface area contributed by atoms with Crippen LogP contribution in [0.5, 0.6) is 0 Å². The van der Waals surface area contributed by atoms with Crippen LogP contribution in [0.3, 0.4) is 0 Å². The molecule has 1 atom stereocenters. The SMILES string of the molecule is Cc1nc(C2CCCCN2Cc2nnc(C3CCC3)n2C)n[nH]1.I. The average molecular weight is 443 g/mol. The lowest BCUT2D eigenvalue weighted by Gasteiger charge is -2.33. The molecular formula is C16H26IN7. The molecule has 0 amide bonds. The Morgan fingerprint density at radius 3 is 2.62 bits per heavy atom. The van der Waals surface area contributed by atoms with Crippen LogP contribution in [0.2, 0.25) is 0 Å². The molecule has 132 valence electrons. The number of hydrogen-bond donors (Lipinski definition) is 1. The van der Waals surface area contributed by atoms with Crippen LogP contribution >= 0.6 is 24.0 Å². The summed E-state index contributed by atoms with van der Waals surface area (Å²) < 4.78 is 2.21. The Morgan fingerprint density at radius 2 is 1.96 bits per heavy atom. The van der Waals surface area contributed by atoms with Gasteiger partial charge in [-0.25, -0.2) is 4.98 Å². The van der Waals surface area contributed by atoms with Gasteiger partial charge in [0.25, 0.3) is 0 Å². The number of nitrogens with zero attached hydrogens (tertiary/aromatic N) is 6. The fourth-order valence-electron chi connectivity index (χ4n) is 3.70. The Bertz CT molecular complexity index is 676. The summed E-state index contributed by atoms with van der Waals surface area (Å²) >= 11 is 0. The Balaban J connectivity index is 0.00000169. The van der Waals surface area contributed by atoms with Crippen molar-refractivity contribution in [3.63, 3.8) is 0 Å². The van der Waals surface area contributed by atoms with E-state index in [-0.39, 0.29) is 30.0 Å². The van der Waals surface area contributed by atoms with Gasteiger partial charge in [-0.1, -0.05) is 12.8 Å². The standard InChI is InChI=1S/C16H25N7.HI/c1-11-17-15(20-18-11)13-8-3-4-9-23(13)10-14-19-21-16(22(14)2)12-6-5-7-12;/h12-13H,3-10H2,1-2H3,(H,17,18,20);1H. The number of aromatic amines is 1. The summed E-state index contributed by atoms with van der Waals surface area (Å²) in [5.74, 6) is 4.65. The summed E-state index contributed by atoms with van der Waals surface area (Å²) in [6.07, 6.45) is 7.42. The third-order valence-corrected chi connectivity index (χ3v) is 5.34. The van der Waals surface area contributed by atoms with Gasteiger partial charge in [0.15, 0.2) is 5.82 Å². The van der Waals surface area contributed by atoms with Crippen LogP contribution < -0.4 is 0 Å². The topological polar surface area (TPSA) is 75.5 Å². The molecule has 8 heteroatoms. The molecule has 0 radical (unpaired) electrons. The molecule has 1 N–H and O–H groups in total. The highest BCUT2D eigenvalue weighted by Gasteiger charge is 2.30. The average Bonchev–Trinajstić information content (AvgIpc) is 3.07. The molecule has 2 aromatic rings. The maximum absolute atomic E-state index is 4.55. The van der Waals surface area contributed by atoms with E-state index >= 15 is 0 Å². The van der Waals surface area contributed by atoms with E-state index in [9.17, 15) is 0 Å². The van der Waals surface area contributed by atoms with Crippen LogP contribution in [0, 0.1) is 6.92 Å². The van der Waals surface area contributed by atoms with E-state index in [0.29, 0.717) is 5.92 Å². The molecular weight excluding hydrogens is 417 g/mol. The predicted octanol–water partition coefficient (Wildman–Crippen LogP) is 2.85. The molecule has 24 heavy (non-hydrogen) atoms. The molecule has 1 saturated carbocycles. The van der Waals surface area contributed by atoms with E-state index < -0.39 is 0 Å². The fourth-order valence-corrected chi connectivity index (χ4v) is 3.70. The Kier molecular flexibility index (Phi) is 5.53. The van der Waals surface area contributed by atoms with Crippen molar-refractivity contribution in [2.45, 2.75) is 64.0 Å². The van der Waals surface area contributed by atoms with E-state index in [1.807, 2.05) is 6.92 Å². The van der Waals surface area contributed by atoms with Gasteiger partial charge >= 0.3 is 0 Å². The smallest absolute Gasteiger partial charge is 0.167 e. The molecule has 0 spiro atoms. The van der Waals surface area contributed by atoms with Crippen molar-refractivity contribution in [1.29, 1.82) is 0 Å². The molecule has 1 saturated heterocycles. The number of piperidine rings is 1. The monoisotopic (exact) mass is 443 g/mol. The second-order valence-corrected chi connectivity index (χ2v) is 6.92. The lowest BCUT2D eigenvalue weighted by atomic mass is 9.85. The van der Waals surface area contributed by atoms with E-state index in [4.69, 9.17) is 0 Å². The first kappa shape index (κ1) is 17.8. The molecule has 1 unspecified atom stereocenters. The van der Waals surface area contributed by atoms with Crippen LogP contribution in [0.25, 0.3) is 0 Å². The van der Waals surface area contributed by atoms with Gasteiger partial charge in [0.05, 0.1) is 12.6 Å². The largest absolute Gasteiger partial charge is 0.317 e. The molecule has 2 aliphatic rings. The molecule has 1 aliphatic carbocycles. The van der Waals surface area contributed by atoms with E-state index in [0.717, 1.165) is 42.8 Å². The third-order valence-electron chi connectivity index (χ3n) is 5.34. The Morgan fingerprint density at radius 1 is 1.12 bits per heavy atom. The first-order valence-corrected chi connectivity index (χ1v) is 8.73. The molecule has 4 rings (SSSR count). The normalized spacial score (nSPS) is 22.2. The van der Waals surface area contributed by atoms with Crippen molar-refractivity contribution in [2.75, 3.05) is 6.54 Å². The van der Waals surface area contributed by atoms with Crippen LogP contribution in [-0.2, 0) is 13.6 Å². The second kappa shape index (κ2) is 7.47. The van der Waals surface area contributed by atoms with Gasteiger partial charge in [0.1, 0.15) is 17.5 Å². The van der Waals surface area contributed by atoms with Crippen molar-refractivity contribution in [1.82, 2.24) is 34.8 Å². The van der Waals surface area contributed by atoms with Crippen molar-refractivity contribution in [3.05, 3.63) is 23.3 Å². The minimum Gasteiger partial charge on any atom is -0.317 e. The fraction of sp³-hybridized carbons (Fsp3) is 0.750. The van der Waals surface area contributed by atoms with Crippen molar-refractivity contribution in [2.24, 2.45) is 7.05 Å². The maximum atomic E-state index is 4.55. The Hall–Kier alpha value is -1.03. The van der Waals surface area contributed by atoms with Crippen molar-refractivity contribution in [3.8, 4) is 0 Å². The summed E-state index contributed by atoms with van der Waals surface area (Å²) in [7, 11) is 2.11. The highest BCUT2D eigenvalue weighted by Crippen LogP contribution is 2.35. The molecule has 0 bridgehead atoms. The van der Waals surface area contributed by atoms with E-state index in [1.165, 1.54) is 32.1 Å². The lowest BCUT2D eigenvalue weighted by Crippen LogP contribution is -2.34. The number of hydrogen-bond acceptors (Lipinski definition) is 5. The zero-order valence-corrected chi connectivity index (χ0v) is 16.7. The first-order valence-electron chi connectivity index (χ1n) is 8.73. The maximum Gasteiger partial charge on any atom is 0.167 e. The number of likely N-dealkylation sites (tertiary alicyclic amines) is 1. The zero-order valence-electron chi connectivity index (χ0n) is 14.4. The molecule has 0 aromatic carbocycles. The van der Waals surface area contributed by atoms with Gasteiger partial charge in [-0.15, -0.1) is 34.2 Å². The number of H-pyrrole nitrogens is 1. The number of nitrogens with one attached hydrogen (secondary N) is 1. The van der Waals surface area contributed by atoms with E-state index in [2.05, 4.69) is 41.9 Å². The van der Waals surface area contributed by atoms with Crippen molar-refractivity contribution < 1.29 is 0 Å². The second-order valence-electron chi connectivity index (χ2n) is 6.92. The van der Waals surface area contributed by atoms with E-state index in [1.54, 1.807) is 0 Å². The van der Waals surface area contributed by atoms with Gasteiger partial charge in [0, 0.05) is 13.0 Å². The van der Waals surface area contributed by atoms with Crippen LogP contribution in [-0.4, -0.2) is 41.4 Å². The summed E-state index contributed by atoms with van der Waals surface area (Å²) in [6.45, 7) is 3.86. The van der Waals surface area contributed by atoms with Gasteiger partial charge in [0.2, 0.25) is 0 Å². The molecule has 1 aliphatic heterocycles. The van der Waals surface area contributed by atoms with Gasteiger partial charge in [-0.05, 0) is 39.2 Å². The van der Waals surface area contributed by atoms with Gasteiger partial charge in [-0.3, -0.25) is 10.00 Å². The third kappa shape index (κ3) is 3.35. The molecule has 2 fully saturated rings. The number of rotatable bonds is 4. The minimum atomic E-state index is 0. The number of halogens is 1.